The summed E-state index contributed by atoms with van der Waals surface area (Å²) >= 11 is 4.00. The highest BCUT2D eigenvalue weighted by Gasteiger charge is 2.48. The second-order valence-electron chi connectivity index (χ2n) is 5.03. The summed E-state index contributed by atoms with van der Waals surface area (Å²) in [5, 5.41) is 5.72. The summed E-state index contributed by atoms with van der Waals surface area (Å²) in [5.74, 6) is 0.388. The lowest BCUT2D eigenvalue weighted by molar-refractivity contribution is -0.143. The van der Waals surface area contributed by atoms with Crippen LogP contribution in [-0.2, 0) is 9.59 Å². The lowest BCUT2D eigenvalue weighted by atomic mass is 9.68. The molecule has 1 atom stereocenters. The number of alkyl halides is 1. The molecule has 0 bridgehead atoms. The van der Waals surface area contributed by atoms with E-state index in [2.05, 4.69) is 23.3 Å². The first-order valence-corrected chi connectivity index (χ1v) is 7.03. The van der Waals surface area contributed by atoms with Crippen molar-refractivity contribution < 1.29 is 14.0 Å². The standard InChI is InChI=1S/C11H19N3O2S.CH3F/c12-8(5-17)9(15)14-7-1-3-11(4-2-7)6-13-10(11)16;1-2/h7-8,17H,1-6,12H2,(H,13,16)(H,14,15);1H3/t7?,8-,11?;/m0./s1. The van der Waals surface area contributed by atoms with Gasteiger partial charge >= 0.3 is 0 Å². The van der Waals surface area contributed by atoms with Crippen molar-refractivity contribution in [2.75, 3.05) is 19.5 Å². The highest BCUT2D eigenvalue weighted by atomic mass is 32.1. The zero-order chi connectivity index (χ0) is 14.5. The predicted octanol–water partition coefficient (Wildman–Crippen LogP) is 0.00420. The fourth-order valence-corrected chi connectivity index (χ4v) is 2.69. The third-order valence-electron chi connectivity index (χ3n) is 3.89. The van der Waals surface area contributed by atoms with Gasteiger partial charge in [0.1, 0.15) is 0 Å². The number of halogens is 1. The summed E-state index contributed by atoms with van der Waals surface area (Å²) in [6.45, 7) is 0.794. The van der Waals surface area contributed by atoms with E-state index in [1.54, 1.807) is 0 Å². The van der Waals surface area contributed by atoms with Crippen LogP contribution in [0.15, 0.2) is 0 Å². The van der Waals surface area contributed by atoms with Crippen molar-refractivity contribution in [2.45, 2.75) is 37.8 Å². The van der Waals surface area contributed by atoms with E-state index >= 15 is 0 Å². The first kappa shape index (κ1) is 16.2. The van der Waals surface area contributed by atoms with Crippen molar-refractivity contribution in [3.8, 4) is 0 Å². The smallest absolute Gasteiger partial charge is 0.237 e. The second-order valence-corrected chi connectivity index (χ2v) is 5.40. The summed E-state index contributed by atoms with van der Waals surface area (Å²) < 4.78 is 9.50. The largest absolute Gasteiger partial charge is 0.354 e. The van der Waals surface area contributed by atoms with Crippen LogP contribution in [0.3, 0.4) is 0 Å². The Morgan fingerprint density at radius 2 is 2.16 bits per heavy atom. The van der Waals surface area contributed by atoms with E-state index in [1.165, 1.54) is 0 Å². The number of nitrogens with two attached hydrogens (primary N) is 1. The average Bonchev–Trinajstić information content (AvgIpc) is 2.47. The molecule has 2 amide bonds. The minimum atomic E-state index is -0.541. The van der Waals surface area contributed by atoms with E-state index in [-0.39, 0.29) is 23.3 Å². The Labute approximate surface area is 118 Å². The number of carbonyl (C=O) groups excluding carboxylic acids is 2. The summed E-state index contributed by atoms with van der Waals surface area (Å²) in [4.78, 5) is 23.0. The quantitative estimate of drug-likeness (QED) is 0.436. The first-order chi connectivity index (χ1) is 9.07. The van der Waals surface area contributed by atoms with Crippen LogP contribution in [0.5, 0.6) is 0 Å². The van der Waals surface area contributed by atoms with Crippen molar-refractivity contribution in [1.29, 1.82) is 0 Å². The lowest BCUT2D eigenvalue weighted by Gasteiger charge is -2.45. The Bertz CT molecular complexity index is 333. The van der Waals surface area contributed by atoms with E-state index in [0.29, 0.717) is 12.9 Å². The third-order valence-corrected chi connectivity index (χ3v) is 4.28. The van der Waals surface area contributed by atoms with Crippen molar-refractivity contribution in [3.63, 3.8) is 0 Å². The molecule has 1 aliphatic carbocycles. The summed E-state index contributed by atoms with van der Waals surface area (Å²) in [6, 6.07) is -0.381. The molecule has 2 rings (SSSR count). The Hall–Kier alpha value is -0.820. The maximum absolute atomic E-state index is 11.6. The topological polar surface area (TPSA) is 84.2 Å². The Morgan fingerprint density at radius 3 is 2.53 bits per heavy atom. The molecule has 7 heteroatoms. The summed E-state index contributed by atoms with van der Waals surface area (Å²) in [6.07, 6.45) is 3.44. The number of nitrogens with one attached hydrogen (secondary N) is 2. The monoisotopic (exact) mass is 291 g/mol. The van der Waals surface area contributed by atoms with Crippen LogP contribution >= 0.6 is 12.6 Å². The van der Waals surface area contributed by atoms with Gasteiger partial charge in [-0.2, -0.15) is 12.6 Å². The van der Waals surface area contributed by atoms with E-state index < -0.39 is 6.04 Å². The molecule has 0 aromatic rings. The van der Waals surface area contributed by atoms with Crippen LogP contribution in [0, 0.1) is 5.41 Å². The minimum absolute atomic E-state index is 0.132. The van der Waals surface area contributed by atoms with Crippen LogP contribution in [0.4, 0.5) is 4.39 Å². The van der Waals surface area contributed by atoms with Crippen LogP contribution in [0.25, 0.3) is 0 Å². The predicted molar refractivity (Wildman–Crippen MR) is 74.7 cm³/mol. The Kier molecular flexibility index (Phi) is 6.06. The molecule has 5 nitrogen and oxygen atoms in total. The number of thiol groups is 1. The van der Waals surface area contributed by atoms with Gasteiger partial charge in [0.25, 0.3) is 0 Å². The SMILES string of the molecule is CF.N[C@@H](CS)C(=O)NC1CCC2(CC1)CNC2=O. The first-order valence-electron chi connectivity index (χ1n) is 6.40. The van der Waals surface area contributed by atoms with Crippen LogP contribution in [-0.4, -0.2) is 43.4 Å². The molecule has 2 aliphatic rings. The fraction of sp³-hybridized carbons (Fsp3) is 0.833. The van der Waals surface area contributed by atoms with Gasteiger partial charge in [-0.1, -0.05) is 0 Å². The zero-order valence-corrected chi connectivity index (χ0v) is 12.0. The van der Waals surface area contributed by atoms with Crippen molar-refractivity contribution in [1.82, 2.24) is 10.6 Å². The molecule has 0 unspecified atom stereocenters. The zero-order valence-electron chi connectivity index (χ0n) is 11.1. The van der Waals surface area contributed by atoms with Gasteiger partial charge in [-0.05, 0) is 25.7 Å². The normalized spacial score (nSPS) is 30.5. The van der Waals surface area contributed by atoms with Gasteiger partial charge in [0, 0.05) is 18.3 Å². The summed E-state index contributed by atoms with van der Waals surface area (Å²) in [7, 11) is 0.500. The number of rotatable bonds is 3. The van der Waals surface area contributed by atoms with Gasteiger partial charge in [0.2, 0.25) is 11.8 Å². The van der Waals surface area contributed by atoms with Crippen LogP contribution in [0.2, 0.25) is 0 Å². The number of β-lactam (4-membered cyclic amide) rings is 1. The molecule has 4 N–H and O–H groups in total. The molecule has 1 saturated carbocycles. The molecule has 19 heavy (non-hydrogen) atoms. The van der Waals surface area contributed by atoms with Gasteiger partial charge in [-0.25, -0.2) is 0 Å². The van der Waals surface area contributed by atoms with Gasteiger partial charge in [-0.15, -0.1) is 0 Å². The molecule has 0 radical (unpaired) electrons. The highest BCUT2D eigenvalue weighted by Crippen LogP contribution is 2.40. The molecule has 2 fully saturated rings. The number of amides is 2. The van der Waals surface area contributed by atoms with E-state index in [9.17, 15) is 14.0 Å². The number of carbonyl (C=O) groups is 2. The lowest BCUT2D eigenvalue weighted by Crippen LogP contribution is -2.61. The molecular weight excluding hydrogens is 269 g/mol. The molecule has 1 heterocycles. The Balaban J connectivity index is 0.000000861. The average molecular weight is 291 g/mol. The van der Waals surface area contributed by atoms with E-state index in [1.807, 2.05) is 0 Å². The number of hydrogen-bond donors (Lipinski definition) is 4. The molecule has 110 valence electrons. The Morgan fingerprint density at radius 1 is 1.58 bits per heavy atom. The number of hydrogen-bond acceptors (Lipinski definition) is 4. The van der Waals surface area contributed by atoms with Gasteiger partial charge in [0.15, 0.2) is 0 Å². The third kappa shape index (κ3) is 3.60. The molecule has 1 spiro atoms. The fourth-order valence-electron chi connectivity index (χ4n) is 2.52. The molecular formula is C12H22FN3O2S. The van der Waals surface area contributed by atoms with E-state index in [0.717, 1.165) is 32.2 Å². The molecule has 0 aromatic heterocycles. The van der Waals surface area contributed by atoms with Crippen molar-refractivity contribution >= 4 is 24.4 Å². The van der Waals surface area contributed by atoms with Gasteiger partial charge in [0.05, 0.1) is 18.6 Å². The van der Waals surface area contributed by atoms with Crippen LogP contribution in [0.1, 0.15) is 25.7 Å². The van der Waals surface area contributed by atoms with Gasteiger partial charge in [-0.3, -0.25) is 14.0 Å². The highest BCUT2D eigenvalue weighted by molar-refractivity contribution is 7.80. The summed E-state index contributed by atoms with van der Waals surface area (Å²) in [5.41, 5.74) is 5.46. The molecule has 1 saturated heterocycles. The second kappa shape index (κ2) is 7.09. The van der Waals surface area contributed by atoms with Crippen molar-refractivity contribution in [2.24, 2.45) is 11.1 Å². The molecule has 1 aliphatic heterocycles. The minimum Gasteiger partial charge on any atom is -0.354 e. The van der Waals surface area contributed by atoms with E-state index in [4.69, 9.17) is 5.73 Å². The maximum atomic E-state index is 11.6. The van der Waals surface area contributed by atoms with Crippen molar-refractivity contribution in [3.05, 3.63) is 0 Å². The van der Waals surface area contributed by atoms with Crippen LogP contribution < -0.4 is 16.4 Å². The maximum Gasteiger partial charge on any atom is 0.237 e. The van der Waals surface area contributed by atoms with Gasteiger partial charge < -0.3 is 16.4 Å². The molecule has 0 aromatic carbocycles.